The van der Waals surface area contributed by atoms with E-state index >= 15 is 0 Å². The molecule has 0 amide bonds. The number of nitrogens with zero attached hydrogens (tertiary/aromatic N) is 2. The van der Waals surface area contributed by atoms with Gasteiger partial charge in [-0.05, 0) is 41.9 Å². The Bertz CT molecular complexity index is 1190. The summed E-state index contributed by atoms with van der Waals surface area (Å²) in [6, 6.07) is 14.6. The molecular formula is C19H15Cl2N5OS. The number of rotatable bonds is 6. The number of fused-ring (bicyclic) bond motifs is 1. The maximum atomic E-state index is 11.2. The van der Waals surface area contributed by atoms with Crippen molar-refractivity contribution in [2.75, 3.05) is 23.7 Å². The number of para-hydroxylation sites is 1. The summed E-state index contributed by atoms with van der Waals surface area (Å²) < 4.78 is 2.65. The van der Waals surface area contributed by atoms with E-state index in [2.05, 4.69) is 25.0 Å². The second-order valence-corrected chi connectivity index (χ2v) is 7.66. The molecule has 0 bridgehead atoms. The Hall–Kier alpha value is -2.61. The van der Waals surface area contributed by atoms with Crippen molar-refractivity contribution in [3.05, 3.63) is 68.9 Å². The normalized spacial score (nSPS) is 10.9. The number of nitrogens with one attached hydrogen (secondary N) is 3. The number of aromatic amines is 1. The molecule has 9 heteroatoms. The second-order valence-electron chi connectivity index (χ2n) is 5.97. The molecule has 2 heterocycles. The first kappa shape index (κ1) is 18.7. The molecule has 3 N–H and O–H groups in total. The van der Waals surface area contributed by atoms with Crippen molar-refractivity contribution >= 4 is 56.5 Å². The van der Waals surface area contributed by atoms with Gasteiger partial charge in [0.05, 0.1) is 10.5 Å². The van der Waals surface area contributed by atoms with Crippen LogP contribution in [0.4, 0.5) is 10.8 Å². The molecule has 6 nitrogen and oxygen atoms in total. The number of H-pyrrole nitrogens is 1. The van der Waals surface area contributed by atoms with E-state index in [1.807, 2.05) is 30.3 Å². The molecule has 0 saturated carbocycles. The van der Waals surface area contributed by atoms with Crippen molar-refractivity contribution in [3.63, 3.8) is 0 Å². The summed E-state index contributed by atoms with van der Waals surface area (Å²) in [6.07, 6.45) is 0. The van der Waals surface area contributed by atoms with Gasteiger partial charge in [-0.15, -0.1) is 0 Å². The van der Waals surface area contributed by atoms with Crippen LogP contribution in [0.5, 0.6) is 0 Å². The first-order chi connectivity index (χ1) is 13.6. The summed E-state index contributed by atoms with van der Waals surface area (Å²) in [5, 5.41) is 9.31. The van der Waals surface area contributed by atoms with Gasteiger partial charge in [-0.1, -0.05) is 35.3 Å². The third kappa shape index (κ3) is 4.11. The lowest BCUT2D eigenvalue weighted by atomic mass is 10.2. The van der Waals surface area contributed by atoms with Crippen molar-refractivity contribution in [2.45, 2.75) is 0 Å². The Kier molecular flexibility index (Phi) is 5.47. The van der Waals surface area contributed by atoms with E-state index in [0.29, 0.717) is 29.0 Å². The average Bonchev–Trinajstić information content (AvgIpc) is 3.10. The zero-order valence-corrected chi connectivity index (χ0v) is 16.8. The molecule has 142 valence electrons. The van der Waals surface area contributed by atoms with Crippen LogP contribution in [0, 0.1) is 0 Å². The molecule has 2 aromatic carbocycles. The highest BCUT2D eigenvalue weighted by atomic mass is 35.5. The second kappa shape index (κ2) is 8.18. The van der Waals surface area contributed by atoms with E-state index < -0.39 is 0 Å². The van der Waals surface area contributed by atoms with Gasteiger partial charge in [0.15, 0.2) is 5.82 Å². The van der Waals surface area contributed by atoms with Gasteiger partial charge in [-0.3, -0.25) is 9.17 Å². The minimum Gasteiger partial charge on any atom is -0.374 e. The zero-order valence-electron chi connectivity index (χ0n) is 14.5. The fourth-order valence-electron chi connectivity index (χ4n) is 2.74. The van der Waals surface area contributed by atoms with Crippen molar-refractivity contribution in [1.82, 2.24) is 14.3 Å². The zero-order chi connectivity index (χ0) is 19.5. The number of hydrogen-bond donors (Lipinski definition) is 3. The van der Waals surface area contributed by atoms with Crippen molar-refractivity contribution in [3.8, 4) is 11.4 Å². The molecule has 0 fully saturated rings. The van der Waals surface area contributed by atoms with E-state index in [-0.39, 0.29) is 5.56 Å². The van der Waals surface area contributed by atoms with E-state index in [4.69, 9.17) is 23.2 Å². The molecule has 0 saturated heterocycles. The largest absolute Gasteiger partial charge is 0.374 e. The number of benzene rings is 2. The summed E-state index contributed by atoms with van der Waals surface area (Å²) in [5.74, 6) is 1.25. The van der Waals surface area contributed by atoms with Crippen LogP contribution >= 0.6 is 34.7 Å². The van der Waals surface area contributed by atoms with Crippen LogP contribution < -0.4 is 16.2 Å². The quantitative estimate of drug-likeness (QED) is 0.379. The smallest absolute Gasteiger partial charge is 0.260 e. The predicted molar refractivity (Wildman–Crippen MR) is 117 cm³/mol. The Balaban J connectivity index is 1.60. The first-order valence-corrected chi connectivity index (χ1v) is 10.1. The van der Waals surface area contributed by atoms with Crippen LogP contribution in [-0.4, -0.2) is 27.4 Å². The van der Waals surface area contributed by atoms with Gasteiger partial charge in [0.25, 0.3) is 5.56 Å². The van der Waals surface area contributed by atoms with Gasteiger partial charge >= 0.3 is 0 Å². The van der Waals surface area contributed by atoms with Crippen LogP contribution in [0.3, 0.4) is 0 Å². The molecular weight excluding hydrogens is 417 g/mol. The molecule has 0 aliphatic heterocycles. The topological polar surface area (TPSA) is 82.7 Å². The van der Waals surface area contributed by atoms with Crippen LogP contribution in [0.2, 0.25) is 10.0 Å². The molecule has 28 heavy (non-hydrogen) atoms. The lowest BCUT2D eigenvalue weighted by Gasteiger charge is -2.12. The van der Waals surface area contributed by atoms with Crippen molar-refractivity contribution in [2.24, 2.45) is 0 Å². The summed E-state index contributed by atoms with van der Waals surface area (Å²) in [7, 11) is 0. The standard InChI is InChI=1S/C19H15Cl2N5OS/c20-11-5-6-12(14(21)9-11)19-24-15-4-2-1-3-13(15)18(25-19)23-8-7-22-17-10-16(27)26-28-17/h1-6,9-10,22H,7-8H2,(H,26,27)(H,23,24,25). The van der Waals surface area contributed by atoms with E-state index in [1.165, 1.54) is 17.6 Å². The highest BCUT2D eigenvalue weighted by molar-refractivity contribution is 7.10. The van der Waals surface area contributed by atoms with Gasteiger partial charge < -0.3 is 10.6 Å². The SMILES string of the molecule is O=c1cc(NCCNc2nc(-c3ccc(Cl)cc3Cl)nc3ccccc23)s[nH]1. The summed E-state index contributed by atoms with van der Waals surface area (Å²) in [5.41, 5.74) is 1.43. The lowest BCUT2D eigenvalue weighted by Crippen LogP contribution is -2.14. The maximum absolute atomic E-state index is 11.2. The van der Waals surface area contributed by atoms with E-state index in [1.54, 1.807) is 12.1 Å². The molecule has 0 atom stereocenters. The fourth-order valence-corrected chi connectivity index (χ4v) is 3.84. The third-order valence-electron chi connectivity index (χ3n) is 4.02. The molecule has 0 aliphatic carbocycles. The first-order valence-electron chi connectivity index (χ1n) is 8.48. The van der Waals surface area contributed by atoms with Crippen molar-refractivity contribution in [1.29, 1.82) is 0 Å². The average molecular weight is 432 g/mol. The van der Waals surface area contributed by atoms with Gasteiger partial charge in [-0.25, -0.2) is 9.97 Å². The molecule has 4 aromatic rings. The number of aromatic nitrogens is 3. The van der Waals surface area contributed by atoms with E-state index in [9.17, 15) is 4.79 Å². The van der Waals surface area contributed by atoms with Gasteiger partial charge in [0.2, 0.25) is 0 Å². The Morgan fingerprint density at radius 1 is 1.00 bits per heavy atom. The number of hydrogen-bond acceptors (Lipinski definition) is 6. The molecule has 0 radical (unpaired) electrons. The van der Waals surface area contributed by atoms with Crippen LogP contribution in [0.15, 0.2) is 53.3 Å². The summed E-state index contributed by atoms with van der Waals surface area (Å²) >= 11 is 13.6. The van der Waals surface area contributed by atoms with Crippen LogP contribution in [0.1, 0.15) is 0 Å². The number of anilines is 2. The van der Waals surface area contributed by atoms with Crippen molar-refractivity contribution < 1.29 is 0 Å². The highest BCUT2D eigenvalue weighted by Crippen LogP contribution is 2.31. The fraction of sp³-hybridized carbons (Fsp3) is 0.105. The molecule has 4 rings (SSSR count). The maximum Gasteiger partial charge on any atom is 0.260 e. The van der Waals surface area contributed by atoms with E-state index in [0.717, 1.165) is 27.3 Å². The number of halogens is 2. The molecule has 0 unspecified atom stereocenters. The van der Waals surface area contributed by atoms with Gasteiger partial charge in [0, 0.05) is 35.1 Å². The third-order valence-corrected chi connectivity index (χ3v) is 5.35. The Labute approximate surface area is 174 Å². The summed E-state index contributed by atoms with van der Waals surface area (Å²) in [4.78, 5) is 20.5. The lowest BCUT2D eigenvalue weighted by molar-refractivity contribution is 1.06. The van der Waals surface area contributed by atoms with Crippen LogP contribution in [-0.2, 0) is 0 Å². The monoisotopic (exact) mass is 431 g/mol. The Morgan fingerprint density at radius 2 is 1.82 bits per heavy atom. The molecule has 0 aliphatic rings. The predicted octanol–water partition coefficient (Wildman–Crippen LogP) is 4.88. The minimum atomic E-state index is -0.105. The van der Waals surface area contributed by atoms with Gasteiger partial charge in [-0.2, -0.15) is 0 Å². The molecule has 2 aromatic heterocycles. The summed E-state index contributed by atoms with van der Waals surface area (Å²) in [6.45, 7) is 1.24. The highest BCUT2D eigenvalue weighted by Gasteiger charge is 2.12. The van der Waals surface area contributed by atoms with Crippen LogP contribution in [0.25, 0.3) is 22.3 Å². The molecule has 0 spiro atoms. The van der Waals surface area contributed by atoms with Gasteiger partial charge in [0.1, 0.15) is 10.8 Å². The Morgan fingerprint density at radius 3 is 2.61 bits per heavy atom. The minimum absolute atomic E-state index is 0.105.